The number of furan rings is 1. The lowest BCUT2D eigenvalue weighted by atomic mass is 9.95. The predicted molar refractivity (Wildman–Crippen MR) is 161 cm³/mol. The lowest BCUT2D eigenvalue weighted by Crippen LogP contribution is -2.40. The van der Waals surface area contributed by atoms with Crippen LogP contribution in [-0.2, 0) is 15.7 Å². The molecule has 0 N–H and O–H groups in total. The minimum atomic E-state index is -4.50. The summed E-state index contributed by atoms with van der Waals surface area (Å²) in [4.78, 5) is 32.1. The highest BCUT2D eigenvalue weighted by Gasteiger charge is 2.35. The van der Waals surface area contributed by atoms with Crippen LogP contribution in [0.5, 0.6) is 11.5 Å². The van der Waals surface area contributed by atoms with E-state index in [9.17, 15) is 22.8 Å². The Kier molecular flexibility index (Phi) is 8.89. The zero-order chi connectivity index (χ0) is 31.8. The Hall–Kier alpha value is -4.10. The Morgan fingerprint density at radius 1 is 1.14 bits per heavy atom. The van der Waals surface area contributed by atoms with E-state index in [0.717, 1.165) is 23.5 Å². The largest absolute Gasteiger partial charge is 0.493 e. The lowest BCUT2D eigenvalue weighted by molar-refractivity contribution is -0.139. The first-order valence-corrected chi connectivity index (χ1v) is 15.0. The van der Waals surface area contributed by atoms with Crippen LogP contribution in [0.4, 0.5) is 13.2 Å². The molecule has 2 aromatic heterocycles. The summed E-state index contributed by atoms with van der Waals surface area (Å²) >= 11 is 4.67. The Morgan fingerprint density at radius 3 is 2.59 bits per heavy atom. The van der Waals surface area contributed by atoms with Gasteiger partial charge in [-0.05, 0) is 62.7 Å². The summed E-state index contributed by atoms with van der Waals surface area (Å²) in [6.07, 6.45) is -3.01. The van der Waals surface area contributed by atoms with Crippen molar-refractivity contribution in [3.63, 3.8) is 0 Å². The third-order valence-corrected chi connectivity index (χ3v) is 8.44. The van der Waals surface area contributed by atoms with Gasteiger partial charge in [-0.15, -0.1) is 0 Å². The van der Waals surface area contributed by atoms with E-state index in [-0.39, 0.29) is 33.8 Å². The van der Waals surface area contributed by atoms with Crippen LogP contribution in [0.15, 0.2) is 78.5 Å². The van der Waals surface area contributed by atoms with Gasteiger partial charge in [0.1, 0.15) is 11.5 Å². The van der Waals surface area contributed by atoms with Crippen LogP contribution in [0.2, 0.25) is 0 Å². The molecule has 13 heteroatoms. The maximum absolute atomic E-state index is 14.0. The van der Waals surface area contributed by atoms with Crippen LogP contribution < -0.4 is 24.4 Å². The first-order chi connectivity index (χ1) is 21.0. The van der Waals surface area contributed by atoms with Crippen molar-refractivity contribution in [2.24, 2.45) is 4.99 Å². The molecule has 0 unspecified atom stereocenters. The second-order valence-electron chi connectivity index (χ2n) is 9.54. The highest BCUT2D eigenvalue weighted by atomic mass is 79.9. The number of benzene rings is 2. The minimum absolute atomic E-state index is 0.118. The smallest absolute Gasteiger partial charge is 0.416 e. The van der Waals surface area contributed by atoms with Crippen molar-refractivity contribution >= 4 is 39.3 Å². The number of thiazole rings is 1. The molecule has 3 heterocycles. The fourth-order valence-corrected chi connectivity index (χ4v) is 6.40. The van der Waals surface area contributed by atoms with Crippen molar-refractivity contribution in [2.45, 2.75) is 33.0 Å². The third kappa shape index (κ3) is 5.98. The molecule has 0 saturated heterocycles. The molecule has 0 saturated carbocycles. The first kappa shape index (κ1) is 31.3. The summed E-state index contributed by atoms with van der Waals surface area (Å²) < 4.78 is 64.3. The molecular formula is C31H26BrF3N2O6S. The monoisotopic (exact) mass is 690 g/mol. The summed E-state index contributed by atoms with van der Waals surface area (Å²) in [5.41, 5.74) is 0.0920. The number of nitrogens with zero attached hydrogens (tertiary/aromatic N) is 2. The number of carbonyl (C=O) groups is 1. The Balaban J connectivity index is 1.65. The third-order valence-electron chi connectivity index (χ3n) is 6.77. The summed E-state index contributed by atoms with van der Waals surface area (Å²) in [6.45, 7) is 5.71. The van der Waals surface area contributed by atoms with Crippen LogP contribution in [0, 0.1) is 0 Å². The molecule has 1 atom stereocenters. The number of aromatic nitrogens is 1. The standard InChI is InChI=1S/C31H26BrF3N2O6S/c1-5-41-24-15-21(32)20(14-23(24)40-4)27-26(29(39)42-6-2)16(3)36-30-37(27)28(38)25(44-30)13-19-10-11-22(43-19)17-8-7-9-18(12-17)31(33,34)35/h7-15,27H,5-6H2,1-4H3/b25-13+/t27-/m0/s1. The maximum atomic E-state index is 14.0. The second-order valence-corrected chi connectivity index (χ2v) is 11.4. The van der Waals surface area contributed by atoms with E-state index in [4.69, 9.17) is 18.6 Å². The molecule has 0 fully saturated rings. The molecule has 5 rings (SSSR count). The van der Waals surface area contributed by atoms with Crippen LogP contribution in [0.1, 0.15) is 43.7 Å². The van der Waals surface area contributed by atoms with Gasteiger partial charge in [-0.25, -0.2) is 9.79 Å². The number of alkyl halides is 3. The van der Waals surface area contributed by atoms with Crippen molar-refractivity contribution in [1.29, 1.82) is 0 Å². The number of esters is 1. The summed E-state index contributed by atoms with van der Waals surface area (Å²) in [6, 6.07) is 10.4. The topological polar surface area (TPSA) is 92.3 Å². The van der Waals surface area contributed by atoms with Gasteiger partial charge in [-0.3, -0.25) is 9.36 Å². The zero-order valence-corrected chi connectivity index (χ0v) is 26.4. The van der Waals surface area contributed by atoms with Crippen molar-refractivity contribution in [3.8, 4) is 22.8 Å². The number of allylic oxidation sites excluding steroid dienone is 1. The molecule has 0 radical (unpaired) electrons. The molecule has 0 amide bonds. The van der Waals surface area contributed by atoms with Crippen molar-refractivity contribution in [2.75, 3.05) is 20.3 Å². The van der Waals surface area contributed by atoms with Gasteiger partial charge in [0, 0.05) is 16.1 Å². The maximum Gasteiger partial charge on any atom is 0.416 e. The number of carbonyl (C=O) groups excluding carboxylic acids is 1. The number of halogens is 4. The molecule has 44 heavy (non-hydrogen) atoms. The Labute approximate surface area is 261 Å². The molecule has 2 aromatic carbocycles. The van der Waals surface area contributed by atoms with E-state index in [2.05, 4.69) is 20.9 Å². The summed E-state index contributed by atoms with van der Waals surface area (Å²) in [5.74, 6) is 0.724. The normalized spacial score (nSPS) is 15.2. The minimum Gasteiger partial charge on any atom is -0.493 e. The molecule has 1 aliphatic rings. The van der Waals surface area contributed by atoms with Gasteiger partial charge in [0.2, 0.25) is 0 Å². The number of methoxy groups -OCH3 is 1. The van der Waals surface area contributed by atoms with Crippen molar-refractivity contribution in [1.82, 2.24) is 4.57 Å². The molecule has 4 aromatic rings. The quantitative estimate of drug-likeness (QED) is 0.203. The zero-order valence-electron chi connectivity index (χ0n) is 24.0. The molecule has 8 nitrogen and oxygen atoms in total. The summed E-state index contributed by atoms with van der Waals surface area (Å²) in [7, 11) is 1.49. The van der Waals surface area contributed by atoms with Gasteiger partial charge >= 0.3 is 12.1 Å². The van der Waals surface area contributed by atoms with Gasteiger partial charge in [0.25, 0.3) is 5.56 Å². The average Bonchev–Trinajstić information content (AvgIpc) is 3.56. The SMILES string of the molecule is CCOC(=O)C1=C(C)N=c2s/c(=C/c3ccc(-c4cccc(C(F)(F)F)c4)o3)c(=O)n2[C@H]1c1cc(OC)c(OCC)cc1Br. The molecule has 230 valence electrons. The Bertz CT molecular complexity index is 1960. The first-order valence-electron chi connectivity index (χ1n) is 13.4. The van der Waals surface area contributed by atoms with E-state index in [1.165, 1.54) is 36.0 Å². The van der Waals surface area contributed by atoms with Gasteiger partial charge in [0.15, 0.2) is 16.3 Å². The van der Waals surface area contributed by atoms with Crippen molar-refractivity contribution < 1.29 is 36.6 Å². The fraction of sp³-hybridized carbons (Fsp3) is 0.258. The van der Waals surface area contributed by atoms with E-state index in [1.54, 1.807) is 32.0 Å². The van der Waals surface area contributed by atoms with Gasteiger partial charge in [-0.2, -0.15) is 13.2 Å². The number of fused-ring (bicyclic) bond motifs is 1. The van der Waals surface area contributed by atoms with E-state index < -0.39 is 29.3 Å². The molecule has 0 bridgehead atoms. The highest BCUT2D eigenvalue weighted by molar-refractivity contribution is 9.10. The fourth-order valence-electron chi connectivity index (χ4n) is 4.84. The van der Waals surface area contributed by atoms with E-state index in [0.29, 0.717) is 38.6 Å². The molecule has 0 aliphatic carbocycles. The Morgan fingerprint density at radius 2 is 1.91 bits per heavy atom. The molecule has 1 aliphatic heterocycles. The van der Waals surface area contributed by atoms with Gasteiger partial charge in [0.05, 0.1) is 47.7 Å². The average molecular weight is 692 g/mol. The lowest BCUT2D eigenvalue weighted by Gasteiger charge is -2.26. The number of ether oxygens (including phenoxy) is 3. The van der Waals surface area contributed by atoms with Crippen LogP contribution in [0.3, 0.4) is 0 Å². The number of rotatable bonds is 8. The molecule has 0 spiro atoms. The van der Waals surface area contributed by atoms with Gasteiger partial charge in [-0.1, -0.05) is 39.4 Å². The van der Waals surface area contributed by atoms with Crippen LogP contribution in [0.25, 0.3) is 17.4 Å². The van der Waals surface area contributed by atoms with Crippen molar-refractivity contribution in [3.05, 3.63) is 101 Å². The highest BCUT2D eigenvalue weighted by Crippen LogP contribution is 2.41. The second kappa shape index (κ2) is 12.5. The van der Waals surface area contributed by atoms with Crippen LogP contribution >= 0.6 is 27.3 Å². The van der Waals surface area contributed by atoms with E-state index in [1.807, 2.05) is 6.92 Å². The predicted octanol–water partition coefficient (Wildman–Crippen LogP) is 6.25. The number of hydrogen-bond acceptors (Lipinski definition) is 8. The van der Waals surface area contributed by atoms with Gasteiger partial charge < -0.3 is 18.6 Å². The van der Waals surface area contributed by atoms with E-state index >= 15 is 0 Å². The summed E-state index contributed by atoms with van der Waals surface area (Å²) in [5, 5.41) is 0. The molecular weight excluding hydrogens is 665 g/mol. The number of hydrogen-bond donors (Lipinski definition) is 0. The van der Waals surface area contributed by atoms with Crippen LogP contribution in [-0.4, -0.2) is 30.9 Å².